The fraction of sp³-hybridized carbons (Fsp3) is 0.487. The molecule has 3 aromatic rings. The van der Waals surface area contributed by atoms with E-state index < -0.39 is 12.4 Å². The van der Waals surface area contributed by atoms with Crippen LogP contribution in [-0.4, -0.2) is 88.8 Å². The van der Waals surface area contributed by atoms with Gasteiger partial charge in [0, 0.05) is 87.9 Å². The number of rotatable bonds is 8. The second-order valence-electron chi connectivity index (χ2n) is 14.5. The number of alkyl halides is 3. The van der Waals surface area contributed by atoms with Gasteiger partial charge in [0.05, 0.1) is 0 Å². The van der Waals surface area contributed by atoms with Crippen LogP contribution in [0.4, 0.5) is 23.7 Å². The molecule has 0 bridgehead atoms. The molecule has 0 saturated carbocycles. The number of pyridine rings is 1. The van der Waals surface area contributed by atoms with Crippen LogP contribution in [0.5, 0.6) is 5.75 Å². The maximum atomic E-state index is 13.5. The molecule has 2 N–H and O–H groups in total. The number of urea groups is 1. The molecule has 4 heterocycles. The third kappa shape index (κ3) is 8.86. The van der Waals surface area contributed by atoms with Crippen LogP contribution >= 0.6 is 0 Å². The van der Waals surface area contributed by atoms with Crippen LogP contribution in [0.15, 0.2) is 53.5 Å². The lowest BCUT2D eigenvalue weighted by Gasteiger charge is -2.40. The van der Waals surface area contributed by atoms with E-state index in [1.54, 1.807) is 39.2 Å². The van der Waals surface area contributed by atoms with Crippen molar-refractivity contribution in [2.75, 3.05) is 38.5 Å². The van der Waals surface area contributed by atoms with Crippen LogP contribution in [0.2, 0.25) is 0 Å². The number of piperidine rings is 3. The Labute approximate surface area is 307 Å². The summed E-state index contributed by atoms with van der Waals surface area (Å²) in [5.74, 6) is -0.505. The predicted molar refractivity (Wildman–Crippen MR) is 195 cm³/mol. The molecule has 1 aromatic heterocycles. The predicted octanol–water partition coefficient (Wildman–Crippen LogP) is 5.68. The van der Waals surface area contributed by atoms with Gasteiger partial charge in [0.15, 0.2) is 0 Å². The Morgan fingerprint density at radius 2 is 1.62 bits per heavy atom. The van der Waals surface area contributed by atoms with Crippen molar-refractivity contribution >= 4 is 23.5 Å². The fourth-order valence-electron chi connectivity index (χ4n) is 7.71. The summed E-state index contributed by atoms with van der Waals surface area (Å²) >= 11 is 0. The number of likely N-dealkylation sites (tertiary alicyclic amines) is 2. The summed E-state index contributed by atoms with van der Waals surface area (Å²) in [4.78, 5) is 55.2. The van der Waals surface area contributed by atoms with E-state index in [0.29, 0.717) is 85.6 Å². The molecule has 3 saturated heterocycles. The van der Waals surface area contributed by atoms with Crippen LogP contribution < -0.4 is 20.9 Å². The first-order valence-corrected chi connectivity index (χ1v) is 18.2. The molecule has 1 unspecified atom stereocenters. The van der Waals surface area contributed by atoms with Gasteiger partial charge in [-0.2, -0.15) is 0 Å². The zero-order valence-corrected chi connectivity index (χ0v) is 30.6. The van der Waals surface area contributed by atoms with Crippen molar-refractivity contribution in [3.05, 3.63) is 81.3 Å². The first-order valence-electron chi connectivity index (χ1n) is 18.2. The number of halogens is 3. The Bertz CT molecular complexity index is 1900. The molecule has 11 nitrogen and oxygen atoms in total. The quantitative estimate of drug-likeness (QED) is 0.286. The number of hydrogen-bond donors (Lipinski definition) is 2. The second kappa shape index (κ2) is 15.6. The minimum Gasteiger partial charge on any atom is -0.405 e. The molecule has 1 atom stereocenters. The van der Waals surface area contributed by atoms with Gasteiger partial charge in [-0.15, -0.1) is 13.2 Å². The topological polar surface area (TPSA) is 116 Å². The lowest BCUT2D eigenvalue weighted by Crippen LogP contribution is -2.51. The highest BCUT2D eigenvalue weighted by molar-refractivity contribution is 6.01. The number of nitrogens with zero attached hydrogens (tertiary/aromatic N) is 4. The normalized spacial score (nSPS) is 19.2. The molecule has 6 rings (SSSR count). The second-order valence-corrected chi connectivity index (χ2v) is 14.5. The van der Waals surface area contributed by atoms with Crippen molar-refractivity contribution in [2.24, 2.45) is 7.05 Å². The summed E-state index contributed by atoms with van der Waals surface area (Å²) in [6, 6.07) is 12.4. The van der Waals surface area contributed by atoms with E-state index in [2.05, 4.69) is 32.4 Å². The minimum absolute atomic E-state index is 0.00826. The van der Waals surface area contributed by atoms with E-state index in [1.165, 1.54) is 16.2 Å². The van der Waals surface area contributed by atoms with Crippen LogP contribution in [0.1, 0.15) is 66.7 Å². The SMILES string of the molecule is Cc1c(-c2ccc(CN3CCC(N(C)C(=O)N4CCC(c5ccc(NC6CCC(=O)NC6=O)cc5)CC4)CC3)c(OC(F)(F)F)c2)cn(C)c(=O)c1C. The standard InChI is InChI=1S/C39H47F3N6O5/c1-24-25(2)37(51)45(3)23-32(24)28-5-6-29(34(21-28)53-39(40,41)42)22-47-17-15-31(16-18-47)46(4)38(52)48-19-13-27(14-20-48)26-7-9-30(10-8-26)43-33-11-12-35(49)44-36(33)50/h5-10,21,23,27,31,33,43H,11-20,22H2,1-4H3,(H,44,49,50). The Morgan fingerprint density at radius 1 is 0.943 bits per heavy atom. The molecule has 14 heteroatoms. The molecule has 0 spiro atoms. The van der Waals surface area contributed by atoms with Crippen LogP contribution in [0, 0.1) is 13.8 Å². The number of anilines is 1. The summed E-state index contributed by atoms with van der Waals surface area (Å²) in [5.41, 5.74) is 4.70. The van der Waals surface area contributed by atoms with Gasteiger partial charge in [0.25, 0.3) is 5.56 Å². The largest absolute Gasteiger partial charge is 0.573 e. The van der Waals surface area contributed by atoms with Crippen molar-refractivity contribution < 1.29 is 32.3 Å². The van der Waals surface area contributed by atoms with Gasteiger partial charge in [-0.1, -0.05) is 24.3 Å². The van der Waals surface area contributed by atoms with Gasteiger partial charge >= 0.3 is 12.4 Å². The van der Waals surface area contributed by atoms with Gasteiger partial charge in [-0.25, -0.2) is 4.79 Å². The third-order valence-corrected chi connectivity index (χ3v) is 11.1. The Hall–Kier alpha value is -4.85. The maximum Gasteiger partial charge on any atom is 0.573 e. The molecule has 3 aliphatic heterocycles. The lowest BCUT2D eigenvalue weighted by atomic mass is 9.89. The number of nitrogens with one attached hydrogen (secondary N) is 2. The van der Waals surface area contributed by atoms with E-state index >= 15 is 0 Å². The summed E-state index contributed by atoms with van der Waals surface area (Å²) in [6.07, 6.45) is 0.602. The summed E-state index contributed by atoms with van der Waals surface area (Å²) < 4.78 is 46.5. The molecule has 4 amide bonds. The van der Waals surface area contributed by atoms with Gasteiger partial charge in [-0.3, -0.25) is 24.6 Å². The molecule has 53 heavy (non-hydrogen) atoms. The molecule has 284 valence electrons. The maximum absolute atomic E-state index is 13.5. The molecular weight excluding hydrogens is 689 g/mol. The van der Waals surface area contributed by atoms with Crippen molar-refractivity contribution in [2.45, 2.75) is 83.3 Å². The zero-order valence-electron chi connectivity index (χ0n) is 30.6. The molecule has 0 aliphatic carbocycles. The number of carbonyl (C=O) groups is 3. The molecule has 3 aliphatic rings. The monoisotopic (exact) mass is 736 g/mol. The minimum atomic E-state index is -4.87. The first-order chi connectivity index (χ1) is 25.2. The number of imide groups is 1. The van der Waals surface area contributed by atoms with E-state index in [9.17, 15) is 32.3 Å². The zero-order chi connectivity index (χ0) is 38.0. The van der Waals surface area contributed by atoms with E-state index in [1.807, 2.05) is 29.0 Å². The number of amides is 4. The lowest BCUT2D eigenvalue weighted by molar-refractivity contribution is -0.275. The first kappa shape index (κ1) is 37.9. The van der Waals surface area contributed by atoms with E-state index in [4.69, 9.17) is 0 Å². The third-order valence-electron chi connectivity index (χ3n) is 11.1. The number of ether oxygens (including phenoxy) is 1. The Kier molecular flexibility index (Phi) is 11.2. The molecule has 0 radical (unpaired) electrons. The highest BCUT2D eigenvalue weighted by Crippen LogP contribution is 2.35. The Balaban J connectivity index is 1.01. The average molecular weight is 737 g/mol. The van der Waals surface area contributed by atoms with Crippen molar-refractivity contribution in [1.29, 1.82) is 0 Å². The fourth-order valence-corrected chi connectivity index (χ4v) is 7.71. The van der Waals surface area contributed by atoms with Crippen LogP contribution in [0.25, 0.3) is 11.1 Å². The van der Waals surface area contributed by atoms with Crippen LogP contribution in [0.3, 0.4) is 0 Å². The number of hydrogen-bond acceptors (Lipinski definition) is 7. The number of aromatic nitrogens is 1. The van der Waals surface area contributed by atoms with Crippen molar-refractivity contribution in [3.63, 3.8) is 0 Å². The van der Waals surface area contributed by atoms with Gasteiger partial charge in [0.1, 0.15) is 11.8 Å². The molecule has 2 aromatic carbocycles. The summed E-state index contributed by atoms with van der Waals surface area (Å²) in [7, 11) is 3.45. The van der Waals surface area contributed by atoms with Gasteiger partial charge in [0.2, 0.25) is 11.8 Å². The number of carbonyl (C=O) groups excluding carboxylic acids is 3. The number of benzene rings is 2. The van der Waals surface area contributed by atoms with Crippen LogP contribution in [-0.2, 0) is 23.2 Å². The van der Waals surface area contributed by atoms with E-state index in [-0.39, 0.29) is 41.7 Å². The van der Waals surface area contributed by atoms with E-state index in [0.717, 1.165) is 18.5 Å². The van der Waals surface area contributed by atoms with Gasteiger partial charge < -0.3 is 24.4 Å². The highest BCUT2D eigenvalue weighted by atomic mass is 19.4. The smallest absolute Gasteiger partial charge is 0.405 e. The molecular formula is C39H47F3N6O5. The Morgan fingerprint density at radius 3 is 2.26 bits per heavy atom. The molecule has 3 fully saturated rings. The number of aryl methyl sites for hydroxylation is 1. The highest BCUT2D eigenvalue weighted by Gasteiger charge is 2.34. The summed E-state index contributed by atoms with van der Waals surface area (Å²) in [6.45, 7) is 6.26. The van der Waals surface area contributed by atoms with Crippen molar-refractivity contribution in [1.82, 2.24) is 24.6 Å². The van der Waals surface area contributed by atoms with Gasteiger partial charge in [-0.05, 0) is 86.8 Å². The average Bonchev–Trinajstić information content (AvgIpc) is 3.13. The summed E-state index contributed by atoms with van der Waals surface area (Å²) in [5, 5.41) is 5.57. The van der Waals surface area contributed by atoms with Crippen molar-refractivity contribution in [3.8, 4) is 16.9 Å².